The van der Waals surface area contributed by atoms with Crippen molar-refractivity contribution in [2.75, 3.05) is 32.1 Å². The van der Waals surface area contributed by atoms with Crippen molar-refractivity contribution in [1.29, 1.82) is 0 Å². The van der Waals surface area contributed by atoms with E-state index in [1.807, 2.05) is 0 Å². The van der Waals surface area contributed by atoms with Crippen molar-refractivity contribution in [1.82, 2.24) is 19.8 Å². The number of benzene rings is 6. The van der Waals surface area contributed by atoms with Crippen LogP contribution >= 0.6 is 15.2 Å². The summed E-state index contributed by atoms with van der Waals surface area (Å²) in [5.41, 5.74) is -0.0699. The second kappa shape index (κ2) is 26.1. The summed E-state index contributed by atoms with van der Waals surface area (Å²) in [6.07, 6.45) is -0.711. The molecule has 444 valence electrons. The molecule has 6 aromatic carbocycles. The van der Waals surface area contributed by atoms with Gasteiger partial charge < -0.3 is 38.6 Å². The van der Waals surface area contributed by atoms with Gasteiger partial charge in [0.25, 0.3) is 23.6 Å². The molecule has 22 nitrogen and oxygen atoms in total. The number of rotatable bonds is 23. The van der Waals surface area contributed by atoms with Crippen LogP contribution < -0.4 is 18.5 Å². The van der Waals surface area contributed by atoms with Crippen LogP contribution in [0.25, 0.3) is 21.8 Å². The van der Waals surface area contributed by atoms with E-state index >= 15 is 0 Å². The molecule has 0 radical (unpaired) electrons. The van der Waals surface area contributed by atoms with E-state index in [2.05, 4.69) is 9.97 Å². The number of nitrogens with zero attached hydrogens (tertiary/aromatic N) is 4. The Morgan fingerprint density at radius 1 is 0.547 bits per heavy atom. The molecule has 2 aliphatic rings. The number of esters is 1. The molecule has 3 N–H and O–H groups in total. The van der Waals surface area contributed by atoms with E-state index in [0.717, 1.165) is 9.80 Å². The maximum Gasteiger partial charge on any atom is 0.383 e. The fourth-order valence-corrected chi connectivity index (χ4v) is 12.2. The van der Waals surface area contributed by atoms with Crippen molar-refractivity contribution in [2.24, 2.45) is 0 Å². The molecule has 2 unspecified atom stereocenters. The number of para-hydroxylation sites is 2. The third-order valence-corrected chi connectivity index (χ3v) is 16.8. The molecule has 0 saturated carbocycles. The molecular weight excluding hydrogens is 1160 g/mol. The number of phenolic OH excluding ortho intramolecular Hbond substituents is 2. The fraction of sp³-hybridized carbons (Fsp3) is 0.200. The number of halogens is 2. The van der Waals surface area contributed by atoms with E-state index in [1.165, 1.54) is 93.0 Å². The highest BCUT2D eigenvalue weighted by Gasteiger charge is 2.45. The Morgan fingerprint density at radius 3 is 1.31 bits per heavy atom. The summed E-state index contributed by atoms with van der Waals surface area (Å²) in [7, 11) is -8.21. The SMILES string of the molecule is CCOC(=O)[C@@H](C)OP(=O)(CCOc1c2c(c(O)c3ncccc13)C(=O)N(Cc1ccc(F)cc1)C2=O)Oc1ccccc1.C[C@H](OP(=O)(CCOc1c2c(c(O)c3ncccc13)C(=O)N(Cc1ccc(F)cc1)C2=O)Oc1ccccc1)C(=O)O. The number of amides is 4. The highest BCUT2D eigenvalue weighted by atomic mass is 31.2. The lowest BCUT2D eigenvalue weighted by molar-refractivity contribution is -0.150. The highest BCUT2D eigenvalue weighted by Crippen LogP contribution is 2.52. The molecule has 86 heavy (non-hydrogen) atoms. The number of fused-ring (bicyclic) bond motifs is 4. The van der Waals surface area contributed by atoms with Gasteiger partial charge in [0.15, 0.2) is 23.7 Å². The molecule has 0 aliphatic carbocycles. The minimum atomic E-state index is -4.13. The number of carbonyl (C=O) groups is 6. The van der Waals surface area contributed by atoms with E-state index in [4.69, 9.17) is 32.3 Å². The van der Waals surface area contributed by atoms with E-state index in [0.29, 0.717) is 11.1 Å². The third-order valence-electron chi connectivity index (χ3n) is 13.1. The summed E-state index contributed by atoms with van der Waals surface area (Å²) in [6, 6.07) is 33.0. The summed E-state index contributed by atoms with van der Waals surface area (Å²) in [4.78, 5) is 87.8. The topological polar surface area (TPSA) is 294 Å². The number of carbonyl (C=O) groups excluding carboxylic acids is 5. The fourth-order valence-electron chi connectivity index (χ4n) is 9.08. The minimum Gasteiger partial charge on any atom is -0.505 e. The van der Waals surface area contributed by atoms with Crippen LogP contribution in [0.3, 0.4) is 0 Å². The predicted octanol–water partition coefficient (Wildman–Crippen LogP) is 10.5. The van der Waals surface area contributed by atoms with Crippen LogP contribution in [-0.4, -0.2) is 115 Å². The number of phenols is 2. The lowest BCUT2D eigenvalue weighted by Gasteiger charge is -2.23. The van der Waals surface area contributed by atoms with E-state index < -0.39 is 98.9 Å². The van der Waals surface area contributed by atoms with Gasteiger partial charge in [0.1, 0.15) is 70.0 Å². The average Bonchev–Trinajstić information content (AvgIpc) is 1.58. The van der Waals surface area contributed by atoms with Gasteiger partial charge in [-0.25, -0.2) is 27.5 Å². The minimum absolute atomic E-state index is 0.00417. The van der Waals surface area contributed by atoms with Crippen molar-refractivity contribution in [2.45, 2.75) is 46.1 Å². The molecule has 4 atom stereocenters. The first kappa shape index (κ1) is 61.0. The summed E-state index contributed by atoms with van der Waals surface area (Å²) in [5, 5.41) is 31.7. The third kappa shape index (κ3) is 13.3. The van der Waals surface area contributed by atoms with Crippen LogP contribution in [0.5, 0.6) is 34.5 Å². The van der Waals surface area contributed by atoms with Crippen molar-refractivity contribution < 1.29 is 94.3 Å². The lowest BCUT2D eigenvalue weighted by Crippen LogP contribution is -2.29. The Morgan fingerprint density at radius 2 is 0.930 bits per heavy atom. The molecule has 0 fully saturated rings. The number of carboxylic acid groups (broad SMARTS) is 1. The number of carboxylic acids is 1. The van der Waals surface area contributed by atoms with E-state index in [-0.39, 0.29) is 99.5 Å². The van der Waals surface area contributed by atoms with Gasteiger partial charge in [-0.05, 0) is 105 Å². The van der Waals surface area contributed by atoms with Gasteiger partial charge in [-0.3, -0.25) is 48.0 Å². The largest absolute Gasteiger partial charge is 0.505 e. The molecule has 0 saturated heterocycles. The van der Waals surface area contributed by atoms with Crippen LogP contribution in [0.15, 0.2) is 146 Å². The molecule has 4 amide bonds. The Bertz CT molecular complexity index is 4010. The Hall–Kier alpha value is -9.60. The molecule has 4 heterocycles. The van der Waals surface area contributed by atoms with Crippen LogP contribution in [0.1, 0.15) is 73.3 Å². The Kier molecular flexibility index (Phi) is 18.5. The zero-order valence-corrected chi connectivity index (χ0v) is 47.7. The Labute approximate surface area is 488 Å². The monoisotopic (exact) mass is 1220 g/mol. The van der Waals surface area contributed by atoms with Crippen LogP contribution in [0.4, 0.5) is 8.78 Å². The molecule has 10 rings (SSSR count). The Balaban J connectivity index is 0.000000206. The summed E-state index contributed by atoms with van der Waals surface area (Å²) < 4.78 is 93.5. The zero-order chi connectivity index (χ0) is 61.5. The van der Waals surface area contributed by atoms with Crippen molar-refractivity contribution >= 4 is 72.6 Å². The number of pyridine rings is 2. The molecular formula is C60H52F2N4O18P2. The number of aromatic hydroxyl groups is 2. The number of aliphatic carboxylic acids is 1. The van der Waals surface area contributed by atoms with E-state index in [9.17, 15) is 62.0 Å². The van der Waals surface area contributed by atoms with Crippen molar-refractivity contribution in [3.05, 3.63) is 191 Å². The highest BCUT2D eigenvalue weighted by molar-refractivity contribution is 7.54. The molecule has 0 bridgehead atoms. The number of imide groups is 2. The molecule has 0 spiro atoms. The number of hydrogen-bond donors (Lipinski definition) is 3. The van der Waals surface area contributed by atoms with Gasteiger partial charge >= 0.3 is 27.1 Å². The molecule has 26 heteroatoms. The first-order chi connectivity index (χ1) is 41.2. The number of ether oxygens (including phenoxy) is 3. The quantitative estimate of drug-likeness (QED) is 0.0305. The predicted molar refractivity (Wildman–Crippen MR) is 303 cm³/mol. The van der Waals surface area contributed by atoms with Crippen LogP contribution in [-0.2, 0) is 45.6 Å². The molecule has 2 aromatic heterocycles. The second-order valence-corrected chi connectivity index (χ2v) is 23.2. The average molecular weight is 1220 g/mol. The normalized spacial score (nSPS) is 14.8. The second-order valence-electron chi connectivity index (χ2n) is 19.1. The standard InChI is InChI=1S/C31H28FN2O9P.C29H24FN2O9P/c1-3-40-31(38)19(2)42-44(39,43-22-8-5-4-6-9-22)17-16-41-28-23-10-7-15-33-26(23)27(35)24-25(28)30(37)34(29(24)36)18-20-11-13-21(32)14-12-20;1-17(29(36)37)40-42(38,41-20-6-3-2-4-7-20)15-14-39-26-21-8-5-13-31-24(21)25(33)22-23(26)28(35)32(27(22)34)16-18-9-11-19(30)12-10-18/h4-15,19,35H,3,16-18H2,1-2H3;2-13,17,33H,14-16H2,1H3,(H,36,37)/t19-,44?;17-,42?/m10/s1. The van der Waals surface area contributed by atoms with Gasteiger partial charge in [0.2, 0.25) is 0 Å². The van der Waals surface area contributed by atoms with Crippen LogP contribution in [0.2, 0.25) is 0 Å². The smallest absolute Gasteiger partial charge is 0.383 e. The number of aromatic nitrogens is 2. The van der Waals surface area contributed by atoms with Gasteiger partial charge in [-0.1, -0.05) is 60.7 Å². The van der Waals surface area contributed by atoms with Crippen LogP contribution in [0, 0.1) is 11.6 Å². The molecule has 8 aromatic rings. The molecule has 2 aliphatic heterocycles. The van der Waals surface area contributed by atoms with Gasteiger partial charge in [0.05, 0.1) is 43.1 Å². The van der Waals surface area contributed by atoms with Crippen molar-refractivity contribution in [3.63, 3.8) is 0 Å². The summed E-state index contributed by atoms with van der Waals surface area (Å²) in [5.74, 6) is -6.91. The first-order valence-corrected chi connectivity index (χ1v) is 29.8. The number of hydrogen-bond acceptors (Lipinski definition) is 19. The van der Waals surface area contributed by atoms with Gasteiger partial charge in [-0.2, -0.15) is 0 Å². The van der Waals surface area contributed by atoms with Crippen molar-refractivity contribution in [3.8, 4) is 34.5 Å². The van der Waals surface area contributed by atoms with Gasteiger partial charge in [-0.15, -0.1) is 0 Å². The summed E-state index contributed by atoms with van der Waals surface area (Å²) in [6.45, 7) is 3.18. The maximum atomic E-state index is 13.9. The van der Waals surface area contributed by atoms with Gasteiger partial charge in [0, 0.05) is 23.2 Å². The zero-order valence-electron chi connectivity index (χ0n) is 45.9. The lowest BCUT2D eigenvalue weighted by atomic mass is 10.0. The first-order valence-electron chi connectivity index (χ1n) is 26.4. The maximum absolute atomic E-state index is 13.9. The summed E-state index contributed by atoms with van der Waals surface area (Å²) >= 11 is 0. The van der Waals surface area contributed by atoms with E-state index in [1.54, 1.807) is 73.7 Å².